The minimum absolute atomic E-state index is 0.146. The minimum Gasteiger partial charge on any atom is -0.377 e. The number of carbonyl (C=O) groups is 1. The van der Waals surface area contributed by atoms with Gasteiger partial charge in [0.1, 0.15) is 5.82 Å². The Morgan fingerprint density at radius 3 is 2.63 bits per heavy atom. The summed E-state index contributed by atoms with van der Waals surface area (Å²) in [4.78, 5) is 16.5. The molecule has 0 fully saturated rings. The number of nitrogens with one attached hydrogen (secondary N) is 1. The molecule has 6 nitrogen and oxygen atoms in total. The van der Waals surface area contributed by atoms with Gasteiger partial charge >= 0.3 is 0 Å². The van der Waals surface area contributed by atoms with Gasteiger partial charge in [-0.3, -0.25) is 4.79 Å². The van der Waals surface area contributed by atoms with Gasteiger partial charge in [0.05, 0.1) is 12.3 Å². The molecule has 1 heterocycles. The van der Waals surface area contributed by atoms with Crippen LogP contribution >= 0.6 is 11.6 Å². The molecular formula is C20H21ClN4O2. The van der Waals surface area contributed by atoms with Crippen molar-refractivity contribution in [3.05, 3.63) is 76.8 Å². The number of nitrogens with zero attached hydrogens (tertiary/aromatic N) is 3. The van der Waals surface area contributed by atoms with Gasteiger partial charge in [0.2, 0.25) is 5.82 Å². The lowest BCUT2D eigenvalue weighted by atomic mass is 10.2. The first-order valence-electron chi connectivity index (χ1n) is 8.73. The van der Waals surface area contributed by atoms with Gasteiger partial charge in [-0.2, -0.15) is 0 Å². The summed E-state index contributed by atoms with van der Waals surface area (Å²) in [6.07, 6.45) is 0.718. The number of ether oxygens (including phenoxy) is 1. The summed E-state index contributed by atoms with van der Waals surface area (Å²) in [7, 11) is 0. The topological polar surface area (TPSA) is 69.0 Å². The second kappa shape index (κ2) is 9.30. The zero-order chi connectivity index (χ0) is 19.1. The maximum absolute atomic E-state index is 12.2. The van der Waals surface area contributed by atoms with Crippen LogP contribution < -0.4 is 5.32 Å². The zero-order valence-electron chi connectivity index (χ0n) is 15.1. The highest BCUT2D eigenvalue weighted by molar-refractivity contribution is 6.30. The van der Waals surface area contributed by atoms with E-state index in [9.17, 15) is 4.79 Å². The first-order chi connectivity index (χ1) is 13.1. The summed E-state index contributed by atoms with van der Waals surface area (Å²) < 4.78 is 7.22. The van der Waals surface area contributed by atoms with Crippen LogP contribution in [0.4, 0.5) is 0 Å². The van der Waals surface area contributed by atoms with E-state index in [1.165, 1.54) is 0 Å². The molecule has 0 saturated heterocycles. The first kappa shape index (κ1) is 19.1. The largest absolute Gasteiger partial charge is 0.377 e. The Bertz CT molecular complexity index is 879. The van der Waals surface area contributed by atoms with Crippen LogP contribution in [-0.4, -0.2) is 33.8 Å². The lowest BCUT2D eigenvalue weighted by molar-refractivity contribution is 0.0924. The van der Waals surface area contributed by atoms with E-state index in [4.69, 9.17) is 16.3 Å². The average molecular weight is 385 g/mol. The van der Waals surface area contributed by atoms with Crippen LogP contribution in [0.2, 0.25) is 5.02 Å². The van der Waals surface area contributed by atoms with Crippen LogP contribution in [0.15, 0.2) is 54.6 Å². The zero-order valence-corrected chi connectivity index (χ0v) is 15.8. The monoisotopic (exact) mass is 384 g/mol. The normalized spacial score (nSPS) is 10.7. The fraction of sp³-hybridized carbons (Fsp3) is 0.250. The van der Waals surface area contributed by atoms with Crippen LogP contribution in [0.25, 0.3) is 5.69 Å². The molecule has 3 rings (SSSR count). The van der Waals surface area contributed by atoms with Crippen LogP contribution in [0.3, 0.4) is 0 Å². The molecule has 0 radical (unpaired) electrons. The highest BCUT2D eigenvalue weighted by atomic mass is 35.5. The van der Waals surface area contributed by atoms with Crippen molar-refractivity contribution >= 4 is 17.5 Å². The van der Waals surface area contributed by atoms with Crippen LogP contribution in [-0.2, 0) is 11.3 Å². The van der Waals surface area contributed by atoms with Gasteiger partial charge in [0.15, 0.2) is 0 Å². The Balaban J connectivity index is 1.44. The maximum atomic E-state index is 12.2. The molecule has 0 spiro atoms. The minimum atomic E-state index is -0.297. The Labute approximate surface area is 163 Å². The molecule has 0 bridgehead atoms. The van der Waals surface area contributed by atoms with E-state index in [2.05, 4.69) is 15.4 Å². The van der Waals surface area contributed by atoms with Gasteiger partial charge in [-0.1, -0.05) is 41.9 Å². The summed E-state index contributed by atoms with van der Waals surface area (Å²) in [6, 6.07) is 17.2. The number of rotatable bonds is 8. The van der Waals surface area contributed by atoms with Crippen molar-refractivity contribution in [3.63, 3.8) is 0 Å². The van der Waals surface area contributed by atoms with E-state index in [1.54, 1.807) is 23.7 Å². The smallest absolute Gasteiger partial charge is 0.290 e. The van der Waals surface area contributed by atoms with E-state index in [-0.39, 0.29) is 11.7 Å². The number of amides is 1. The van der Waals surface area contributed by atoms with Gasteiger partial charge in [0, 0.05) is 18.2 Å². The molecule has 140 valence electrons. The molecule has 3 aromatic rings. The van der Waals surface area contributed by atoms with E-state index in [0.29, 0.717) is 30.6 Å². The standard InChI is InChI=1S/C20H21ClN4O2/c1-15-23-19(24-25(15)18-10-8-17(21)9-11-18)20(26)22-12-5-13-27-14-16-6-3-2-4-7-16/h2-4,6-11H,5,12-14H2,1H3,(H,22,26). The molecule has 7 heteroatoms. The fourth-order valence-corrected chi connectivity index (χ4v) is 2.66. The second-order valence-corrected chi connectivity index (χ2v) is 6.45. The van der Waals surface area contributed by atoms with Gasteiger partial charge in [0.25, 0.3) is 5.91 Å². The molecule has 0 aliphatic heterocycles. The lowest BCUT2D eigenvalue weighted by Gasteiger charge is -2.05. The molecule has 0 aliphatic rings. The van der Waals surface area contributed by atoms with Crippen molar-refractivity contribution in [1.82, 2.24) is 20.1 Å². The number of hydrogen-bond donors (Lipinski definition) is 1. The van der Waals surface area contributed by atoms with Crippen LogP contribution in [0.5, 0.6) is 0 Å². The summed E-state index contributed by atoms with van der Waals surface area (Å²) in [5.74, 6) is 0.482. The number of hydrogen-bond acceptors (Lipinski definition) is 4. The van der Waals surface area contributed by atoms with Gasteiger partial charge in [-0.05, 0) is 43.2 Å². The van der Waals surface area contributed by atoms with E-state index in [1.807, 2.05) is 42.5 Å². The SMILES string of the molecule is Cc1nc(C(=O)NCCCOCc2ccccc2)nn1-c1ccc(Cl)cc1. The van der Waals surface area contributed by atoms with Crippen LogP contribution in [0.1, 0.15) is 28.4 Å². The Morgan fingerprint density at radius 2 is 1.89 bits per heavy atom. The predicted molar refractivity (Wildman–Crippen MR) is 104 cm³/mol. The highest BCUT2D eigenvalue weighted by Crippen LogP contribution is 2.14. The molecule has 0 aliphatic carbocycles. The molecule has 0 saturated carbocycles. The van der Waals surface area contributed by atoms with E-state index in [0.717, 1.165) is 17.7 Å². The number of aromatic nitrogens is 3. The molecule has 1 amide bonds. The third-order valence-corrected chi connectivity index (χ3v) is 4.16. The Kier molecular flexibility index (Phi) is 6.57. The van der Waals surface area contributed by atoms with Crippen molar-refractivity contribution in [1.29, 1.82) is 0 Å². The third kappa shape index (κ3) is 5.39. The molecular weight excluding hydrogens is 364 g/mol. The van der Waals surface area contributed by atoms with Crippen molar-refractivity contribution in [2.75, 3.05) is 13.2 Å². The maximum Gasteiger partial charge on any atom is 0.290 e. The van der Waals surface area contributed by atoms with E-state index < -0.39 is 0 Å². The quantitative estimate of drug-likeness (QED) is 0.603. The summed E-state index contributed by atoms with van der Waals surface area (Å²) in [5.41, 5.74) is 1.94. The average Bonchev–Trinajstić information content (AvgIpc) is 3.07. The van der Waals surface area contributed by atoms with Crippen molar-refractivity contribution in [2.45, 2.75) is 20.0 Å². The van der Waals surface area contributed by atoms with Gasteiger partial charge in [-0.25, -0.2) is 9.67 Å². The van der Waals surface area contributed by atoms with Crippen molar-refractivity contribution in [3.8, 4) is 5.69 Å². The van der Waals surface area contributed by atoms with Crippen molar-refractivity contribution < 1.29 is 9.53 Å². The lowest BCUT2D eigenvalue weighted by Crippen LogP contribution is -2.26. The molecule has 27 heavy (non-hydrogen) atoms. The molecule has 1 N–H and O–H groups in total. The molecule has 1 aromatic heterocycles. The summed E-state index contributed by atoms with van der Waals surface area (Å²) in [5, 5.41) is 7.75. The number of aryl methyl sites for hydroxylation is 1. The summed E-state index contributed by atoms with van der Waals surface area (Å²) in [6.45, 7) is 3.44. The first-order valence-corrected chi connectivity index (χ1v) is 9.11. The van der Waals surface area contributed by atoms with Gasteiger partial charge in [-0.15, -0.1) is 5.10 Å². The van der Waals surface area contributed by atoms with Gasteiger partial charge < -0.3 is 10.1 Å². The van der Waals surface area contributed by atoms with E-state index >= 15 is 0 Å². The van der Waals surface area contributed by atoms with Crippen molar-refractivity contribution in [2.24, 2.45) is 0 Å². The highest BCUT2D eigenvalue weighted by Gasteiger charge is 2.14. The second-order valence-electron chi connectivity index (χ2n) is 6.02. The number of carbonyl (C=O) groups excluding carboxylic acids is 1. The summed E-state index contributed by atoms with van der Waals surface area (Å²) >= 11 is 5.90. The number of benzene rings is 2. The molecule has 2 aromatic carbocycles. The number of halogens is 1. The molecule has 0 atom stereocenters. The molecule has 0 unspecified atom stereocenters. The fourth-order valence-electron chi connectivity index (χ4n) is 2.53. The van der Waals surface area contributed by atoms with Crippen LogP contribution in [0, 0.1) is 6.92 Å². The third-order valence-electron chi connectivity index (χ3n) is 3.91. The predicted octanol–water partition coefficient (Wildman–Crippen LogP) is 3.57. The Hall–Kier alpha value is -2.70. The Morgan fingerprint density at radius 1 is 1.15 bits per heavy atom.